The lowest BCUT2D eigenvalue weighted by Crippen LogP contribution is -2.48. The van der Waals surface area contributed by atoms with Gasteiger partial charge >= 0.3 is 6.03 Å². The van der Waals surface area contributed by atoms with E-state index in [-0.39, 0.29) is 23.7 Å². The molecule has 25 heavy (non-hydrogen) atoms. The summed E-state index contributed by atoms with van der Waals surface area (Å²) >= 11 is 0. The molecule has 0 radical (unpaired) electrons. The first kappa shape index (κ1) is 17.9. The second-order valence-corrected chi connectivity index (χ2v) is 8.70. The minimum Gasteiger partial charge on any atom is -0.332 e. The molecule has 1 atom stereocenters. The van der Waals surface area contributed by atoms with Crippen molar-refractivity contribution in [1.82, 2.24) is 10.4 Å². The third-order valence-corrected chi connectivity index (χ3v) is 5.83. The van der Waals surface area contributed by atoms with Gasteiger partial charge in [0.25, 0.3) is 0 Å². The maximum atomic E-state index is 12.8. The summed E-state index contributed by atoms with van der Waals surface area (Å²) in [4.78, 5) is 25.0. The summed E-state index contributed by atoms with van der Waals surface area (Å²) in [6.07, 6.45) is 4.00. The van der Waals surface area contributed by atoms with E-state index in [0.717, 1.165) is 35.1 Å². The van der Waals surface area contributed by atoms with Crippen LogP contribution in [0.4, 0.5) is 4.79 Å². The summed E-state index contributed by atoms with van der Waals surface area (Å²) in [7, 11) is 0. The molecule has 0 aromatic heterocycles. The van der Waals surface area contributed by atoms with Crippen molar-refractivity contribution in [2.24, 2.45) is 11.3 Å². The van der Waals surface area contributed by atoms with E-state index in [0.29, 0.717) is 5.06 Å². The van der Waals surface area contributed by atoms with Crippen molar-refractivity contribution in [3.8, 4) is 0 Å². The molecule has 136 valence electrons. The van der Waals surface area contributed by atoms with Gasteiger partial charge in [-0.25, -0.2) is 9.86 Å². The van der Waals surface area contributed by atoms with E-state index in [1.165, 1.54) is 5.57 Å². The van der Waals surface area contributed by atoms with Gasteiger partial charge in [0, 0.05) is 22.4 Å². The number of amides is 2. The van der Waals surface area contributed by atoms with Crippen LogP contribution in [0.3, 0.4) is 0 Å². The Kier molecular flexibility index (Phi) is 3.99. The number of urea groups is 1. The van der Waals surface area contributed by atoms with Crippen molar-refractivity contribution >= 4 is 11.8 Å². The van der Waals surface area contributed by atoms with E-state index in [1.54, 1.807) is 0 Å². The fraction of sp³-hybridized carbons (Fsp3) is 0.600. The zero-order chi connectivity index (χ0) is 18.7. The number of Topliss-reactive ketones (excluding diaryl/α,β-unsaturated/α-hetero) is 1. The number of carbonyl (C=O) groups excluding carboxylic acids is 2. The molecule has 0 heterocycles. The SMILES string of the molecule is CC1=C(CN(O)C(=O)NC(C)(C)C)C2=C(C)C3(CC3)[C@H](C)C(=O)C2=C1. The molecule has 0 aliphatic heterocycles. The van der Waals surface area contributed by atoms with E-state index < -0.39 is 11.6 Å². The maximum Gasteiger partial charge on any atom is 0.341 e. The molecule has 1 saturated carbocycles. The quantitative estimate of drug-likeness (QED) is 0.592. The summed E-state index contributed by atoms with van der Waals surface area (Å²) < 4.78 is 0. The Hall–Kier alpha value is -1.88. The molecule has 0 saturated heterocycles. The van der Waals surface area contributed by atoms with Gasteiger partial charge < -0.3 is 5.32 Å². The number of fused-ring (bicyclic) bond motifs is 1. The monoisotopic (exact) mass is 344 g/mol. The van der Waals surface area contributed by atoms with Gasteiger partial charge in [0.15, 0.2) is 5.78 Å². The minimum atomic E-state index is -0.531. The smallest absolute Gasteiger partial charge is 0.332 e. The van der Waals surface area contributed by atoms with Crippen LogP contribution < -0.4 is 5.32 Å². The number of hydrogen-bond acceptors (Lipinski definition) is 3. The average Bonchev–Trinajstić information content (AvgIpc) is 3.23. The molecule has 0 aromatic carbocycles. The molecule has 2 amide bonds. The number of nitrogens with one attached hydrogen (secondary N) is 1. The molecule has 3 rings (SSSR count). The van der Waals surface area contributed by atoms with Crippen LogP contribution in [0.15, 0.2) is 33.9 Å². The van der Waals surface area contributed by atoms with Crippen molar-refractivity contribution in [3.63, 3.8) is 0 Å². The average molecular weight is 344 g/mol. The first-order chi connectivity index (χ1) is 11.5. The van der Waals surface area contributed by atoms with Gasteiger partial charge in [-0.3, -0.25) is 10.0 Å². The Morgan fingerprint density at radius 1 is 1.36 bits per heavy atom. The zero-order valence-corrected chi connectivity index (χ0v) is 16.0. The highest BCUT2D eigenvalue weighted by Gasteiger charge is 2.56. The standard InChI is InChI=1S/C20H28N2O3/c1-11-9-14-16(12(2)20(7-8-20)13(3)17(14)23)15(11)10-22(25)18(24)21-19(4,5)6/h9,13,25H,7-8,10H2,1-6H3,(H,21,24)/t13-/m1/s1. The van der Waals surface area contributed by atoms with E-state index >= 15 is 0 Å². The van der Waals surface area contributed by atoms with E-state index in [1.807, 2.05) is 40.7 Å². The van der Waals surface area contributed by atoms with Gasteiger partial charge in [0.2, 0.25) is 0 Å². The normalized spacial score (nSPS) is 24.5. The van der Waals surface area contributed by atoms with Crippen LogP contribution in [-0.4, -0.2) is 34.2 Å². The number of rotatable bonds is 2. The molecule has 1 spiro atoms. The van der Waals surface area contributed by atoms with Gasteiger partial charge in [0.1, 0.15) is 0 Å². The van der Waals surface area contributed by atoms with Crippen molar-refractivity contribution in [1.29, 1.82) is 0 Å². The molecule has 5 heteroatoms. The third-order valence-electron chi connectivity index (χ3n) is 5.83. The topological polar surface area (TPSA) is 69.6 Å². The molecule has 0 unspecified atom stereocenters. The maximum absolute atomic E-state index is 12.8. The van der Waals surface area contributed by atoms with E-state index in [2.05, 4.69) is 12.2 Å². The summed E-state index contributed by atoms with van der Waals surface area (Å²) in [6, 6.07) is -0.531. The van der Waals surface area contributed by atoms with Gasteiger partial charge in [-0.05, 0) is 70.3 Å². The molecule has 0 aromatic rings. The van der Waals surface area contributed by atoms with Crippen LogP contribution in [-0.2, 0) is 4.79 Å². The summed E-state index contributed by atoms with van der Waals surface area (Å²) in [5, 5.41) is 13.7. The molecule has 0 bridgehead atoms. The minimum absolute atomic E-state index is 0.00637. The highest BCUT2D eigenvalue weighted by Crippen LogP contribution is 2.63. The molecule has 3 aliphatic carbocycles. The highest BCUT2D eigenvalue weighted by molar-refractivity contribution is 6.07. The molecular weight excluding hydrogens is 316 g/mol. The predicted molar refractivity (Wildman–Crippen MR) is 96.1 cm³/mol. The summed E-state index contributed by atoms with van der Waals surface area (Å²) in [5.74, 6) is 0.208. The molecule has 5 nitrogen and oxygen atoms in total. The molecule has 1 fully saturated rings. The lowest BCUT2D eigenvalue weighted by molar-refractivity contribution is -0.120. The second kappa shape index (κ2) is 5.56. The number of hydrogen-bond donors (Lipinski definition) is 2. The van der Waals surface area contributed by atoms with Crippen molar-refractivity contribution in [2.75, 3.05) is 6.54 Å². The van der Waals surface area contributed by atoms with Gasteiger partial charge in [0.05, 0.1) is 6.54 Å². The van der Waals surface area contributed by atoms with Crippen molar-refractivity contribution < 1.29 is 14.8 Å². The highest BCUT2D eigenvalue weighted by atomic mass is 16.5. The van der Waals surface area contributed by atoms with E-state index in [9.17, 15) is 14.8 Å². The van der Waals surface area contributed by atoms with Crippen LogP contribution in [0.5, 0.6) is 0 Å². The first-order valence-corrected chi connectivity index (χ1v) is 8.94. The number of hydroxylamine groups is 2. The molecular formula is C20H28N2O3. The Morgan fingerprint density at radius 3 is 2.48 bits per heavy atom. The predicted octanol–water partition coefficient (Wildman–Crippen LogP) is 3.76. The number of allylic oxidation sites excluding steroid dienone is 4. The summed E-state index contributed by atoms with van der Waals surface area (Å²) in [5.41, 5.74) is 4.34. The lowest BCUT2D eigenvalue weighted by atomic mass is 9.70. The lowest BCUT2D eigenvalue weighted by Gasteiger charge is -2.33. The third kappa shape index (κ3) is 2.84. The van der Waals surface area contributed by atoms with Crippen LogP contribution in [0.1, 0.15) is 54.4 Å². The first-order valence-electron chi connectivity index (χ1n) is 8.94. The summed E-state index contributed by atoms with van der Waals surface area (Å²) in [6.45, 7) is 11.7. The van der Waals surface area contributed by atoms with Crippen molar-refractivity contribution in [2.45, 2.75) is 59.9 Å². The van der Waals surface area contributed by atoms with Crippen molar-refractivity contribution in [3.05, 3.63) is 33.9 Å². The van der Waals surface area contributed by atoms with E-state index in [4.69, 9.17) is 0 Å². The van der Waals surface area contributed by atoms with Crippen LogP contribution >= 0.6 is 0 Å². The Morgan fingerprint density at radius 2 is 1.96 bits per heavy atom. The van der Waals surface area contributed by atoms with Crippen LogP contribution in [0.2, 0.25) is 0 Å². The Balaban J connectivity index is 1.89. The Labute approximate surface area is 149 Å². The fourth-order valence-electron chi connectivity index (χ4n) is 4.17. The number of nitrogens with zero attached hydrogens (tertiary/aromatic N) is 1. The van der Waals surface area contributed by atoms with Gasteiger partial charge in [-0.2, -0.15) is 0 Å². The number of carbonyl (C=O) groups is 2. The Bertz CT molecular complexity index is 745. The van der Waals surface area contributed by atoms with Gasteiger partial charge in [-0.15, -0.1) is 0 Å². The second-order valence-electron chi connectivity index (χ2n) is 8.70. The van der Waals surface area contributed by atoms with Crippen LogP contribution in [0.25, 0.3) is 0 Å². The molecule has 3 aliphatic rings. The number of ketones is 1. The van der Waals surface area contributed by atoms with Crippen LogP contribution in [0, 0.1) is 11.3 Å². The van der Waals surface area contributed by atoms with Gasteiger partial charge in [-0.1, -0.05) is 12.5 Å². The molecule has 2 N–H and O–H groups in total. The fourth-order valence-corrected chi connectivity index (χ4v) is 4.17. The largest absolute Gasteiger partial charge is 0.341 e. The zero-order valence-electron chi connectivity index (χ0n) is 16.0.